The minimum absolute atomic E-state index is 0.0765. The number of anilines is 2. The van der Waals surface area contributed by atoms with Gasteiger partial charge in [0.15, 0.2) is 0 Å². The van der Waals surface area contributed by atoms with E-state index < -0.39 is 10.0 Å². The van der Waals surface area contributed by atoms with E-state index in [0.29, 0.717) is 16.9 Å². The standard InChI is InChI=1S/C20H18ClN3O3S/c1-2-24(17-6-4-3-5-7-17)28(26,27)19-14-16(8-9-18(19)21)23-20(25)15-10-12-22-13-11-15/h3-14H,2H2,1H3,(H,23,25). The summed E-state index contributed by atoms with van der Waals surface area (Å²) in [5.41, 5.74) is 1.27. The summed E-state index contributed by atoms with van der Waals surface area (Å²) in [5.74, 6) is -0.372. The van der Waals surface area contributed by atoms with Crippen molar-refractivity contribution in [2.24, 2.45) is 0 Å². The molecule has 0 unspecified atom stereocenters. The first-order valence-corrected chi connectivity index (χ1v) is 10.3. The molecule has 0 aliphatic heterocycles. The number of carbonyl (C=O) groups excluding carboxylic acids is 1. The molecule has 1 amide bonds. The van der Waals surface area contributed by atoms with Gasteiger partial charge in [-0.1, -0.05) is 29.8 Å². The Kier molecular flexibility index (Phi) is 5.96. The van der Waals surface area contributed by atoms with Crippen LogP contribution in [0.5, 0.6) is 0 Å². The van der Waals surface area contributed by atoms with E-state index in [9.17, 15) is 13.2 Å². The molecule has 28 heavy (non-hydrogen) atoms. The Hall–Kier alpha value is -2.90. The van der Waals surface area contributed by atoms with Crippen LogP contribution in [0.2, 0.25) is 5.02 Å². The van der Waals surface area contributed by atoms with Gasteiger partial charge in [-0.3, -0.25) is 14.1 Å². The zero-order chi connectivity index (χ0) is 20.1. The summed E-state index contributed by atoms with van der Waals surface area (Å²) >= 11 is 6.20. The van der Waals surface area contributed by atoms with Gasteiger partial charge in [-0.25, -0.2) is 8.42 Å². The quantitative estimate of drug-likeness (QED) is 0.654. The SMILES string of the molecule is CCN(c1ccccc1)S(=O)(=O)c1cc(NC(=O)c2ccncc2)ccc1Cl. The van der Waals surface area contributed by atoms with Gasteiger partial charge in [0.25, 0.3) is 15.9 Å². The second-order valence-electron chi connectivity index (χ2n) is 5.84. The third-order valence-corrected chi connectivity index (χ3v) is 6.42. The van der Waals surface area contributed by atoms with Gasteiger partial charge in [-0.15, -0.1) is 0 Å². The number of nitrogens with zero attached hydrogens (tertiary/aromatic N) is 2. The molecule has 144 valence electrons. The lowest BCUT2D eigenvalue weighted by atomic mass is 10.2. The van der Waals surface area contributed by atoms with Gasteiger partial charge in [-0.05, 0) is 49.4 Å². The Balaban J connectivity index is 1.95. The summed E-state index contributed by atoms with van der Waals surface area (Å²) in [4.78, 5) is 16.1. The highest BCUT2D eigenvalue weighted by Gasteiger charge is 2.26. The van der Waals surface area contributed by atoms with Gasteiger partial charge in [0, 0.05) is 30.2 Å². The number of rotatable bonds is 6. The molecular weight excluding hydrogens is 398 g/mol. The first-order valence-electron chi connectivity index (χ1n) is 8.52. The molecule has 6 nitrogen and oxygen atoms in total. The summed E-state index contributed by atoms with van der Waals surface area (Å²) in [6.07, 6.45) is 3.01. The maximum absolute atomic E-state index is 13.2. The lowest BCUT2D eigenvalue weighted by molar-refractivity contribution is 0.102. The fourth-order valence-corrected chi connectivity index (χ4v) is 4.67. The number of pyridine rings is 1. The number of nitrogens with one attached hydrogen (secondary N) is 1. The topological polar surface area (TPSA) is 79.4 Å². The molecule has 0 radical (unpaired) electrons. The number of para-hydroxylation sites is 1. The molecule has 0 saturated heterocycles. The molecule has 0 atom stereocenters. The minimum atomic E-state index is -3.92. The summed E-state index contributed by atoms with van der Waals surface area (Å²) in [6, 6.07) is 16.3. The summed E-state index contributed by atoms with van der Waals surface area (Å²) in [5, 5.41) is 2.77. The number of halogens is 1. The number of benzene rings is 2. The van der Waals surface area contributed by atoms with Gasteiger partial charge in [-0.2, -0.15) is 0 Å². The van der Waals surface area contributed by atoms with Crippen LogP contribution in [0.25, 0.3) is 0 Å². The van der Waals surface area contributed by atoms with Crippen LogP contribution >= 0.6 is 11.6 Å². The lowest BCUT2D eigenvalue weighted by Crippen LogP contribution is -2.31. The molecule has 1 aromatic heterocycles. The molecule has 1 N–H and O–H groups in total. The van der Waals surface area contributed by atoms with Crippen molar-refractivity contribution < 1.29 is 13.2 Å². The Bertz CT molecular complexity index is 1070. The average Bonchev–Trinajstić information content (AvgIpc) is 2.71. The van der Waals surface area contributed by atoms with E-state index in [0.717, 1.165) is 0 Å². The van der Waals surface area contributed by atoms with Crippen molar-refractivity contribution in [3.8, 4) is 0 Å². The maximum Gasteiger partial charge on any atom is 0.265 e. The molecule has 3 aromatic rings. The lowest BCUT2D eigenvalue weighted by Gasteiger charge is -2.23. The largest absolute Gasteiger partial charge is 0.322 e. The third kappa shape index (κ3) is 4.16. The number of hydrogen-bond acceptors (Lipinski definition) is 4. The molecule has 0 aliphatic rings. The molecule has 0 saturated carbocycles. The van der Waals surface area contributed by atoms with Gasteiger partial charge in [0.2, 0.25) is 0 Å². The highest BCUT2D eigenvalue weighted by molar-refractivity contribution is 7.93. The number of sulfonamides is 1. The van der Waals surface area contributed by atoms with Crippen molar-refractivity contribution in [3.05, 3.63) is 83.6 Å². The summed E-state index contributed by atoms with van der Waals surface area (Å²) in [6.45, 7) is 1.98. The first-order chi connectivity index (χ1) is 13.4. The Labute approximate surface area is 168 Å². The highest BCUT2D eigenvalue weighted by Crippen LogP contribution is 2.30. The smallest absolute Gasteiger partial charge is 0.265 e. The number of amides is 1. The van der Waals surface area contributed by atoms with Crippen molar-refractivity contribution in [2.75, 3.05) is 16.2 Å². The van der Waals surface area contributed by atoms with Crippen LogP contribution in [0.15, 0.2) is 78.0 Å². The highest BCUT2D eigenvalue weighted by atomic mass is 35.5. The van der Waals surface area contributed by atoms with Crippen molar-refractivity contribution in [3.63, 3.8) is 0 Å². The minimum Gasteiger partial charge on any atom is -0.322 e. The third-order valence-electron chi connectivity index (χ3n) is 4.03. The molecule has 3 rings (SSSR count). The molecule has 0 bridgehead atoms. The normalized spacial score (nSPS) is 11.1. The van der Waals surface area contributed by atoms with Gasteiger partial charge < -0.3 is 5.32 Å². The summed E-state index contributed by atoms with van der Waals surface area (Å²) in [7, 11) is -3.92. The zero-order valence-corrected chi connectivity index (χ0v) is 16.6. The van der Waals surface area contributed by atoms with Crippen LogP contribution in [0.3, 0.4) is 0 Å². The van der Waals surface area contributed by atoms with Crippen molar-refractivity contribution >= 4 is 38.9 Å². The van der Waals surface area contributed by atoms with Gasteiger partial charge >= 0.3 is 0 Å². The van der Waals surface area contributed by atoms with Crippen LogP contribution in [0.1, 0.15) is 17.3 Å². The number of carbonyl (C=O) groups is 1. The van der Waals surface area contributed by atoms with E-state index in [1.807, 2.05) is 6.07 Å². The fraction of sp³-hybridized carbons (Fsp3) is 0.100. The van der Waals surface area contributed by atoms with Crippen LogP contribution in [0.4, 0.5) is 11.4 Å². The van der Waals surface area contributed by atoms with Crippen LogP contribution in [0, 0.1) is 0 Å². The number of hydrogen-bond donors (Lipinski definition) is 1. The van der Waals surface area contributed by atoms with Crippen molar-refractivity contribution in [1.29, 1.82) is 0 Å². The van der Waals surface area contributed by atoms with Gasteiger partial charge in [0.05, 0.1) is 10.7 Å². The molecule has 1 heterocycles. The molecule has 0 fully saturated rings. The predicted octanol–water partition coefficient (Wildman–Crippen LogP) is 4.20. The Morgan fingerprint density at radius 2 is 1.75 bits per heavy atom. The Morgan fingerprint density at radius 1 is 1.07 bits per heavy atom. The average molecular weight is 416 g/mol. The van der Waals surface area contributed by atoms with E-state index in [-0.39, 0.29) is 22.4 Å². The molecule has 0 aliphatic carbocycles. The number of aromatic nitrogens is 1. The van der Waals surface area contributed by atoms with Crippen LogP contribution in [-0.4, -0.2) is 25.9 Å². The van der Waals surface area contributed by atoms with E-state index in [1.54, 1.807) is 49.4 Å². The second-order valence-corrected chi connectivity index (χ2v) is 8.08. The van der Waals surface area contributed by atoms with Crippen LogP contribution < -0.4 is 9.62 Å². The predicted molar refractivity (Wildman–Crippen MR) is 110 cm³/mol. The monoisotopic (exact) mass is 415 g/mol. The second kappa shape index (κ2) is 8.41. The van der Waals surface area contributed by atoms with E-state index in [2.05, 4.69) is 10.3 Å². The van der Waals surface area contributed by atoms with E-state index in [4.69, 9.17) is 11.6 Å². The van der Waals surface area contributed by atoms with Crippen molar-refractivity contribution in [2.45, 2.75) is 11.8 Å². The molecule has 8 heteroatoms. The van der Waals surface area contributed by atoms with Crippen molar-refractivity contribution in [1.82, 2.24) is 4.98 Å². The zero-order valence-electron chi connectivity index (χ0n) is 15.0. The fourth-order valence-electron chi connectivity index (χ4n) is 2.69. The van der Waals surface area contributed by atoms with Gasteiger partial charge in [0.1, 0.15) is 4.90 Å². The van der Waals surface area contributed by atoms with E-state index in [1.165, 1.54) is 28.8 Å². The molecule has 0 spiro atoms. The molecular formula is C20H18ClN3O3S. The summed E-state index contributed by atoms with van der Waals surface area (Å²) < 4.78 is 27.7. The molecule has 2 aromatic carbocycles. The maximum atomic E-state index is 13.2. The van der Waals surface area contributed by atoms with Crippen LogP contribution in [-0.2, 0) is 10.0 Å². The first kappa shape index (κ1) is 19.9. The Morgan fingerprint density at radius 3 is 2.39 bits per heavy atom. The van der Waals surface area contributed by atoms with E-state index >= 15 is 0 Å².